The van der Waals surface area contributed by atoms with Gasteiger partial charge in [0.1, 0.15) is 6.04 Å². The lowest BCUT2D eigenvalue weighted by atomic mass is 10.00. The zero-order valence-electron chi connectivity index (χ0n) is 8.65. The molecule has 1 saturated heterocycles. The maximum Gasteiger partial charge on any atom is 0.408 e. The van der Waals surface area contributed by atoms with Crippen LogP contribution in [0.1, 0.15) is 11.6 Å². The van der Waals surface area contributed by atoms with Gasteiger partial charge in [0, 0.05) is 10.6 Å². The first-order valence-corrected chi connectivity index (χ1v) is 5.91. The number of amides is 1. The fraction of sp³-hybridized carbons (Fsp3) is 0.300. The molecule has 1 aliphatic heterocycles. The third-order valence-corrected chi connectivity index (χ3v) is 3.60. The molecule has 18 heavy (non-hydrogen) atoms. The quantitative estimate of drug-likeness (QED) is 0.793. The zero-order valence-corrected chi connectivity index (χ0v) is 10.9. The molecule has 1 heterocycles. The Morgan fingerprint density at radius 3 is 2.56 bits per heavy atom. The molecule has 3 nitrogen and oxygen atoms in total. The van der Waals surface area contributed by atoms with Gasteiger partial charge < -0.3 is 10.1 Å². The van der Waals surface area contributed by atoms with Crippen molar-refractivity contribution >= 4 is 40.9 Å². The number of carbonyl (C=O) groups is 1. The summed E-state index contributed by atoms with van der Waals surface area (Å²) in [5.41, 5.74) is -0.118. The summed E-state index contributed by atoms with van der Waals surface area (Å²) in [6.07, 6.45) is -0.960. The van der Waals surface area contributed by atoms with E-state index in [1.54, 1.807) is 0 Å². The summed E-state index contributed by atoms with van der Waals surface area (Å²) in [5, 5.41) is 1.95. The molecule has 1 aliphatic rings. The highest BCUT2D eigenvalue weighted by Gasteiger charge is 2.48. The predicted octanol–water partition coefficient (Wildman–Crippen LogP) is 4.06. The average molecular weight is 317 g/mol. The molecule has 1 atom stereocenters. The number of cyclic esters (lactones) is 1. The maximum atomic E-state index is 13.7. The number of carbonyl (C=O) groups excluding carboxylic acids is 1. The van der Waals surface area contributed by atoms with Crippen LogP contribution in [0.25, 0.3) is 0 Å². The van der Waals surface area contributed by atoms with Crippen LogP contribution >= 0.6 is 34.8 Å². The van der Waals surface area contributed by atoms with Gasteiger partial charge in [-0.3, -0.25) is 0 Å². The molecule has 0 saturated carbocycles. The minimum atomic E-state index is -3.33. The topological polar surface area (TPSA) is 38.3 Å². The number of rotatable bonds is 1. The van der Waals surface area contributed by atoms with Crippen molar-refractivity contribution in [2.24, 2.45) is 0 Å². The van der Waals surface area contributed by atoms with Crippen molar-refractivity contribution in [3.63, 3.8) is 0 Å². The van der Waals surface area contributed by atoms with E-state index < -0.39 is 24.7 Å². The molecule has 0 unspecified atom stereocenters. The third-order valence-electron chi connectivity index (χ3n) is 2.45. The van der Waals surface area contributed by atoms with E-state index in [2.05, 4.69) is 4.74 Å². The molecule has 0 aromatic heterocycles. The Morgan fingerprint density at radius 1 is 1.28 bits per heavy atom. The highest BCUT2D eigenvalue weighted by molar-refractivity contribution is 6.44. The lowest BCUT2D eigenvalue weighted by molar-refractivity contribution is -0.104. The van der Waals surface area contributed by atoms with Gasteiger partial charge in [0.2, 0.25) is 0 Å². The van der Waals surface area contributed by atoms with Crippen molar-refractivity contribution < 1.29 is 18.3 Å². The van der Waals surface area contributed by atoms with Gasteiger partial charge in [-0.1, -0.05) is 34.8 Å². The van der Waals surface area contributed by atoms with Crippen molar-refractivity contribution in [1.29, 1.82) is 0 Å². The van der Waals surface area contributed by atoms with Crippen LogP contribution < -0.4 is 5.32 Å². The molecule has 0 radical (unpaired) electrons. The van der Waals surface area contributed by atoms with Crippen LogP contribution in [0, 0.1) is 0 Å². The molecule has 0 bridgehead atoms. The summed E-state index contributed by atoms with van der Waals surface area (Å²) in [6, 6.07) is 1.05. The van der Waals surface area contributed by atoms with Gasteiger partial charge in [0.15, 0.2) is 6.61 Å². The van der Waals surface area contributed by atoms with Gasteiger partial charge in [-0.15, -0.1) is 0 Å². The highest BCUT2D eigenvalue weighted by Crippen LogP contribution is 2.43. The molecule has 0 spiro atoms. The van der Waals surface area contributed by atoms with Crippen molar-refractivity contribution in [1.82, 2.24) is 5.32 Å². The second-order valence-electron chi connectivity index (χ2n) is 3.67. The summed E-state index contributed by atoms with van der Waals surface area (Å²) in [6.45, 7) is -1.04. The van der Waals surface area contributed by atoms with Gasteiger partial charge in [-0.2, -0.15) is 0 Å². The Hall–Kier alpha value is -0.780. The van der Waals surface area contributed by atoms with E-state index in [-0.39, 0.29) is 20.6 Å². The van der Waals surface area contributed by atoms with Crippen molar-refractivity contribution in [3.05, 3.63) is 32.8 Å². The third kappa shape index (κ3) is 2.35. The van der Waals surface area contributed by atoms with Crippen LogP contribution in [0.3, 0.4) is 0 Å². The molecule has 8 heteroatoms. The first-order chi connectivity index (χ1) is 8.33. The number of nitrogens with one attached hydrogen (secondary N) is 1. The highest BCUT2D eigenvalue weighted by atomic mass is 35.5. The van der Waals surface area contributed by atoms with Crippen LogP contribution in [0.5, 0.6) is 0 Å². The fourth-order valence-electron chi connectivity index (χ4n) is 1.60. The standard InChI is InChI=1S/C10H6Cl3F2NO2/c11-4-1-2-5(12)7(13)6(4)8-10(14,15)3-18-9(17)16-8/h1-2,8H,3H2,(H,16,17)/t8-/m1/s1. The van der Waals surface area contributed by atoms with Gasteiger partial charge in [0.25, 0.3) is 0 Å². The van der Waals surface area contributed by atoms with Gasteiger partial charge in [-0.05, 0) is 12.1 Å². The summed E-state index contributed by atoms with van der Waals surface area (Å²) < 4.78 is 31.7. The SMILES string of the molecule is O=C1N[C@H](c2c(Cl)ccc(Cl)c2Cl)C(F)(F)CO1. The summed E-state index contributed by atoms with van der Waals surface area (Å²) in [5.74, 6) is -3.33. The minimum Gasteiger partial charge on any atom is -0.443 e. The number of alkyl carbamates (subject to hydrolysis) is 1. The molecule has 98 valence electrons. The molecule has 1 aromatic carbocycles. The number of benzene rings is 1. The van der Waals surface area contributed by atoms with E-state index in [1.165, 1.54) is 12.1 Å². The first-order valence-electron chi connectivity index (χ1n) is 4.77. The first kappa shape index (κ1) is 13.6. The molecule has 1 fully saturated rings. The van der Waals surface area contributed by atoms with Crippen LogP contribution in [0.2, 0.25) is 15.1 Å². The number of ether oxygens (including phenoxy) is 1. The second-order valence-corrected chi connectivity index (χ2v) is 4.86. The molecule has 1 aromatic rings. The van der Waals surface area contributed by atoms with E-state index in [9.17, 15) is 13.6 Å². The maximum absolute atomic E-state index is 13.7. The minimum absolute atomic E-state index is 0.00345. The van der Waals surface area contributed by atoms with E-state index in [1.807, 2.05) is 5.32 Å². The van der Waals surface area contributed by atoms with Crippen molar-refractivity contribution in [2.75, 3.05) is 6.61 Å². The Kier molecular flexibility index (Phi) is 3.58. The monoisotopic (exact) mass is 315 g/mol. The fourth-order valence-corrected chi connectivity index (χ4v) is 2.35. The van der Waals surface area contributed by atoms with Gasteiger partial charge in [-0.25, -0.2) is 13.6 Å². The van der Waals surface area contributed by atoms with Crippen LogP contribution in [0.4, 0.5) is 13.6 Å². The van der Waals surface area contributed by atoms with Crippen molar-refractivity contribution in [3.8, 4) is 0 Å². The predicted molar refractivity (Wildman–Crippen MR) is 63.6 cm³/mol. The molecule has 1 amide bonds. The molecule has 2 rings (SSSR count). The Morgan fingerprint density at radius 2 is 1.89 bits per heavy atom. The van der Waals surface area contributed by atoms with Crippen LogP contribution in [-0.2, 0) is 4.74 Å². The zero-order chi connectivity index (χ0) is 13.5. The number of hydrogen-bond acceptors (Lipinski definition) is 2. The van der Waals surface area contributed by atoms with E-state index >= 15 is 0 Å². The lowest BCUT2D eigenvalue weighted by Gasteiger charge is -2.32. The summed E-state index contributed by atoms with van der Waals surface area (Å²) >= 11 is 17.5. The van der Waals surface area contributed by atoms with Crippen LogP contribution in [0.15, 0.2) is 12.1 Å². The second kappa shape index (κ2) is 4.72. The molecule has 0 aliphatic carbocycles. The Labute approximate surface area is 116 Å². The molecular formula is C10H6Cl3F2NO2. The number of alkyl halides is 2. The average Bonchev–Trinajstić information content (AvgIpc) is 2.29. The normalized spacial score (nSPS) is 22.3. The Balaban J connectivity index is 2.52. The molecule has 1 N–H and O–H groups in total. The number of halogens is 5. The van der Waals surface area contributed by atoms with E-state index in [0.717, 1.165) is 0 Å². The Bertz CT molecular complexity index is 510. The van der Waals surface area contributed by atoms with E-state index in [4.69, 9.17) is 34.8 Å². The van der Waals surface area contributed by atoms with E-state index in [0.29, 0.717) is 0 Å². The van der Waals surface area contributed by atoms with Crippen LogP contribution in [-0.4, -0.2) is 18.6 Å². The lowest BCUT2D eigenvalue weighted by Crippen LogP contribution is -2.49. The number of hydrogen-bond donors (Lipinski definition) is 1. The molecular weight excluding hydrogens is 310 g/mol. The summed E-state index contributed by atoms with van der Waals surface area (Å²) in [4.78, 5) is 11.1. The smallest absolute Gasteiger partial charge is 0.408 e. The van der Waals surface area contributed by atoms with Gasteiger partial charge in [0.05, 0.1) is 10.0 Å². The van der Waals surface area contributed by atoms with Gasteiger partial charge >= 0.3 is 12.0 Å². The summed E-state index contributed by atoms with van der Waals surface area (Å²) in [7, 11) is 0. The van der Waals surface area contributed by atoms with Crippen molar-refractivity contribution in [2.45, 2.75) is 12.0 Å². The largest absolute Gasteiger partial charge is 0.443 e.